The van der Waals surface area contributed by atoms with Crippen LogP contribution < -0.4 is 14.4 Å². The SMILES string of the molecule is Cc1cc(N(CCCCN(C)CCN(C)C(=O)OC(C)(C)C)c2nc(C(=O)O)c(CCCOc3ccc(C#CCN(C)C)cc3F)s2)nnc1/N=c1\sc2ccccc2n1COCC[Si](C)(C)C. The Balaban J connectivity index is 1.35. The van der Waals surface area contributed by atoms with E-state index in [2.05, 4.69) is 68.3 Å². The van der Waals surface area contributed by atoms with E-state index in [0.717, 1.165) is 46.0 Å². The van der Waals surface area contributed by atoms with Crippen LogP contribution in [0.2, 0.25) is 25.7 Å². The van der Waals surface area contributed by atoms with E-state index in [-0.39, 0.29) is 24.1 Å². The molecule has 3 aromatic heterocycles. The number of aryl methyl sites for hydroxylation is 2. The zero-order valence-corrected chi connectivity index (χ0v) is 44.2. The molecule has 3 heterocycles. The molecule has 0 radical (unpaired) electrons. The van der Waals surface area contributed by atoms with Crippen molar-refractivity contribution >= 4 is 69.8 Å². The molecule has 1 amide bonds. The topological polar surface area (TPSA) is 151 Å². The molecule has 0 aliphatic heterocycles. The molecule has 19 heteroatoms. The van der Waals surface area contributed by atoms with E-state index in [9.17, 15) is 19.1 Å². The van der Waals surface area contributed by atoms with Crippen molar-refractivity contribution in [2.75, 3.05) is 79.0 Å². The van der Waals surface area contributed by atoms with Crippen molar-refractivity contribution in [3.63, 3.8) is 0 Å². The van der Waals surface area contributed by atoms with Crippen molar-refractivity contribution in [2.24, 2.45) is 4.99 Å². The summed E-state index contributed by atoms with van der Waals surface area (Å²) >= 11 is 2.84. The summed E-state index contributed by atoms with van der Waals surface area (Å²) in [5.74, 6) is 5.38. The number of rotatable bonds is 23. The van der Waals surface area contributed by atoms with Gasteiger partial charge < -0.3 is 34.0 Å². The van der Waals surface area contributed by atoms with Crippen LogP contribution in [0.15, 0.2) is 53.5 Å². The maximum atomic E-state index is 14.9. The first-order chi connectivity index (χ1) is 32.2. The summed E-state index contributed by atoms with van der Waals surface area (Å²) in [5.41, 5.74) is 1.75. The van der Waals surface area contributed by atoms with E-state index in [0.29, 0.717) is 79.6 Å². The van der Waals surface area contributed by atoms with Gasteiger partial charge in [0.05, 0.1) is 23.4 Å². The van der Waals surface area contributed by atoms with Crippen LogP contribution >= 0.6 is 22.7 Å². The molecule has 0 unspecified atom stereocenters. The highest BCUT2D eigenvalue weighted by atomic mass is 32.1. The third-order valence-corrected chi connectivity index (χ3v) is 14.3. The number of nitrogens with zero attached hydrogens (tertiary/aromatic N) is 9. The third kappa shape index (κ3) is 16.8. The second-order valence-corrected chi connectivity index (χ2v) is 26.9. The molecule has 1 N–H and O–H groups in total. The van der Waals surface area contributed by atoms with Crippen LogP contribution in [0.25, 0.3) is 10.2 Å². The molecule has 0 aliphatic rings. The molecular formula is C49H68FN9O6S2Si. The van der Waals surface area contributed by atoms with Crippen molar-refractivity contribution < 1.29 is 33.3 Å². The number of benzene rings is 2. The molecule has 0 spiro atoms. The number of carbonyl (C=O) groups excluding carboxylic acids is 1. The monoisotopic (exact) mass is 989 g/mol. The number of carbonyl (C=O) groups is 2. The number of likely N-dealkylation sites (N-methyl/N-ethyl adjacent to an activating group) is 2. The van der Waals surface area contributed by atoms with Gasteiger partial charge in [0, 0.05) is 51.8 Å². The number of thiazole rings is 2. The molecule has 0 aliphatic carbocycles. The lowest BCUT2D eigenvalue weighted by molar-refractivity contribution is 0.0286. The first kappa shape index (κ1) is 53.7. The van der Waals surface area contributed by atoms with Gasteiger partial charge >= 0.3 is 12.1 Å². The lowest BCUT2D eigenvalue weighted by Crippen LogP contribution is -2.38. The number of halogens is 1. The van der Waals surface area contributed by atoms with Gasteiger partial charge in [0.25, 0.3) is 0 Å². The van der Waals surface area contributed by atoms with Gasteiger partial charge in [-0.1, -0.05) is 55.0 Å². The Hall–Kier alpha value is -5.23. The van der Waals surface area contributed by atoms with Crippen molar-refractivity contribution in [2.45, 2.75) is 91.4 Å². The molecule has 2 aromatic carbocycles. The van der Waals surface area contributed by atoms with Crippen LogP contribution in [0, 0.1) is 24.6 Å². The van der Waals surface area contributed by atoms with Crippen LogP contribution in [0.5, 0.6) is 5.75 Å². The van der Waals surface area contributed by atoms with Gasteiger partial charge in [0.15, 0.2) is 38.8 Å². The van der Waals surface area contributed by atoms with Gasteiger partial charge in [-0.05, 0) is 129 Å². The first-order valence-corrected chi connectivity index (χ1v) is 28.3. The molecular weight excluding hydrogens is 922 g/mol. The number of unbranched alkanes of at least 4 members (excludes halogenated alkanes) is 1. The van der Waals surface area contributed by atoms with Crippen LogP contribution in [-0.2, 0) is 22.6 Å². The summed E-state index contributed by atoms with van der Waals surface area (Å²) in [6, 6.07) is 15.8. The lowest BCUT2D eigenvalue weighted by Gasteiger charge is -2.26. The largest absolute Gasteiger partial charge is 0.491 e. The molecule has 0 bridgehead atoms. The number of para-hydroxylation sites is 1. The van der Waals surface area contributed by atoms with Gasteiger partial charge in [0.1, 0.15) is 12.3 Å². The fraction of sp³-hybridized carbons (Fsp3) is 0.510. The summed E-state index contributed by atoms with van der Waals surface area (Å²) in [6.07, 6.45) is 1.94. The van der Waals surface area contributed by atoms with Gasteiger partial charge in [-0.2, -0.15) is 4.99 Å². The number of hydrogen-bond donors (Lipinski definition) is 1. The average Bonchev–Trinajstić information content (AvgIpc) is 3.84. The molecule has 0 fully saturated rings. The molecule has 0 saturated carbocycles. The second-order valence-electron chi connectivity index (χ2n) is 19.2. The quantitative estimate of drug-likeness (QED) is 0.0378. The summed E-state index contributed by atoms with van der Waals surface area (Å²) < 4.78 is 35.5. The molecule has 0 saturated heterocycles. The minimum Gasteiger partial charge on any atom is -0.491 e. The standard InChI is InChI=1S/C49H68FN9O6S2Si/c1-35-32-42(53-54-44(35)52-47-59(34-63-30-31-68(9,10)11)38-19-12-13-20-40(38)66-47)58(26-15-14-25-56(7)27-28-57(8)48(62)65-49(2,3)4)46-51-43(45(60)61)41(67-46)21-17-29-64-39-23-22-36(33-37(39)50)18-16-24-55(5)6/h12-13,19-20,22-23,32-33H,14-15,17,21,24-31,34H2,1-11H3,(H,60,61)/b52-47-. The van der Waals surface area contributed by atoms with Gasteiger partial charge in [-0.3, -0.25) is 9.47 Å². The Kier molecular flexibility index (Phi) is 19.6. The van der Waals surface area contributed by atoms with Crippen molar-refractivity contribution in [1.29, 1.82) is 0 Å². The van der Waals surface area contributed by atoms with Gasteiger partial charge in [-0.25, -0.2) is 19.0 Å². The molecule has 5 rings (SSSR count). The number of carboxylic acids is 1. The van der Waals surface area contributed by atoms with Crippen LogP contribution in [0.3, 0.4) is 0 Å². The Morgan fingerprint density at radius 2 is 1.69 bits per heavy atom. The smallest absolute Gasteiger partial charge is 0.410 e. The molecule has 68 heavy (non-hydrogen) atoms. The molecule has 5 aromatic rings. The molecule has 0 atom stereocenters. The number of carboxylic acid groups (broad SMARTS) is 1. The normalized spacial score (nSPS) is 12.2. The van der Waals surface area contributed by atoms with E-state index in [1.54, 1.807) is 35.4 Å². The first-order valence-electron chi connectivity index (χ1n) is 22.9. The van der Waals surface area contributed by atoms with Crippen molar-refractivity contribution in [1.82, 2.24) is 34.4 Å². The predicted molar refractivity (Wildman–Crippen MR) is 273 cm³/mol. The van der Waals surface area contributed by atoms with Crippen LogP contribution in [0.1, 0.15) is 66.5 Å². The highest BCUT2D eigenvalue weighted by molar-refractivity contribution is 7.16. The Morgan fingerprint density at radius 3 is 2.38 bits per heavy atom. The maximum Gasteiger partial charge on any atom is 0.410 e. The van der Waals surface area contributed by atoms with Crippen molar-refractivity contribution in [3.05, 3.63) is 80.8 Å². The Labute approximate surface area is 409 Å². The zero-order chi connectivity index (χ0) is 49.6. The number of amides is 1. The molecule has 15 nitrogen and oxygen atoms in total. The number of hydrogen-bond acceptors (Lipinski definition) is 14. The van der Waals surface area contributed by atoms with E-state index >= 15 is 0 Å². The Bertz CT molecular complexity index is 2610. The summed E-state index contributed by atoms with van der Waals surface area (Å²) in [7, 11) is 6.30. The number of ether oxygens (including phenoxy) is 3. The molecule has 368 valence electrons. The van der Waals surface area contributed by atoms with E-state index in [1.807, 2.05) is 76.8 Å². The fourth-order valence-electron chi connectivity index (χ4n) is 6.59. The van der Waals surface area contributed by atoms with Crippen LogP contribution in [-0.4, -0.2) is 139 Å². The number of aromatic nitrogens is 4. The average molecular weight is 990 g/mol. The van der Waals surface area contributed by atoms with E-state index in [1.165, 1.54) is 17.4 Å². The van der Waals surface area contributed by atoms with Gasteiger partial charge in [0.2, 0.25) is 0 Å². The predicted octanol–water partition coefficient (Wildman–Crippen LogP) is 9.28. The summed E-state index contributed by atoms with van der Waals surface area (Å²) in [5, 5.41) is 20.1. The maximum absolute atomic E-state index is 14.9. The second kappa shape index (κ2) is 24.9. The van der Waals surface area contributed by atoms with Crippen molar-refractivity contribution in [3.8, 4) is 17.6 Å². The minimum atomic E-state index is -1.27. The third-order valence-electron chi connectivity index (χ3n) is 10.4. The summed E-state index contributed by atoms with van der Waals surface area (Å²) in [6.45, 7) is 18.6. The number of aromatic carboxylic acids is 1. The Morgan fingerprint density at radius 1 is 0.941 bits per heavy atom. The lowest BCUT2D eigenvalue weighted by atomic mass is 10.2. The fourth-order valence-corrected chi connectivity index (χ4v) is 9.49. The van der Waals surface area contributed by atoms with E-state index in [4.69, 9.17) is 19.2 Å². The zero-order valence-electron chi connectivity index (χ0n) is 41.5. The van der Waals surface area contributed by atoms with E-state index < -0.39 is 25.5 Å². The number of anilines is 2. The van der Waals surface area contributed by atoms with Gasteiger partial charge in [-0.15, -0.1) is 21.5 Å². The highest BCUT2D eigenvalue weighted by Crippen LogP contribution is 2.34. The minimum absolute atomic E-state index is 0.0478. The van der Waals surface area contributed by atoms with Crippen LogP contribution in [0.4, 0.5) is 26.0 Å². The number of fused-ring (bicyclic) bond motifs is 1. The summed E-state index contributed by atoms with van der Waals surface area (Å²) in [4.78, 5) is 43.7. The highest BCUT2D eigenvalue weighted by Gasteiger charge is 2.24.